The molecule has 0 saturated carbocycles. The van der Waals surface area contributed by atoms with Crippen LogP contribution in [0.1, 0.15) is 32.6 Å². The maximum absolute atomic E-state index is 13.0. The van der Waals surface area contributed by atoms with Crippen LogP contribution >= 0.6 is 11.8 Å². The molecule has 0 unspecified atom stereocenters. The molecule has 0 atom stereocenters. The van der Waals surface area contributed by atoms with Gasteiger partial charge in [0.15, 0.2) is 5.16 Å². The van der Waals surface area contributed by atoms with Crippen LogP contribution in [0.5, 0.6) is 0 Å². The molecule has 1 amide bonds. The highest BCUT2D eigenvalue weighted by molar-refractivity contribution is 7.99. The van der Waals surface area contributed by atoms with E-state index in [0.29, 0.717) is 43.2 Å². The molecule has 2 aliphatic heterocycles. The summed E-state index contributed by atoms with van der Waals surface area (Å²) in [6.45, 7) is 5.81. The van der Waals surface area contributed by atoms with Crippen molar-refractivity contribution in [3.05, 3.63) is 18.2 Å². The largest absolute Gasteiger partial charge is 0.448 e. The smallest absolute Gasteiger partial charge is 0.409 e. The summed E-state index contributed by atoms with van der Waals surface area (Å²) in [6, 6.07) is 5.27. The number of carbonyl (C=O) groups excluding carboxylic acids is 1. The molecule has 2 aliphatic rings. The number of amides is 1. The maximum atomic E-state index is 13.0. The van der Waals surface area contributed by atoms with Crippen LogP contribution < -0.4 is 0 Å². The Hall–Kier alpha value is -1.78. The molecule has 164 valence electrons. The van der Waals surface area contributed by atoms with Crippen molar-refractivity contribution in [2.45, 2.75) is 49.2 Å². The van der Waals surface area contributed by atoms with E-state index in [-0.39, 0.29) is 6.09 Å². The lowest BCUT2D eigenvalue weighted by Gasteiger charge is -2.25. The number of hydrogen-bond donors (Lipinski definition) is 0. The average Bonchev–Trinajstić information content (AvgIpc) is 3.33. The summed E-state index contributed by atoms with van der Waals surface area (Å²) in [4.78, 5) is 18.3. The van der Waals surface area contributed by atoms with Gasteiger partial charge in [0.1, 0.15) is 6.61 Å². The van der Waals surface area contributed by atoms with Gasteiger partial charge in [-0.1, -0.05) is 18.2 Å². The number of nitrogens with zero attached hydrogens (tertiary/aromatic N) is 4. The number of piperidine rings is 1. The van der Waals surface area contributed by atoms with E-state index in [1.165, 1.54) is 0 Å². The predicted octanol–water partition coefficient (Wildman–Crippen LogP) is 3.17. The fraction of sp³-hybridized carbons (Fsp3) is 0.600. The van der Waals surface area contributed by atoms with Gasteiger partial charge < -0.3 is 14.2 Å². The monoisotopic (exact) mass is 452 g/mol. The predicted molar refractivity (Wildman–Crippen MR) is 116 cm³/mol. The van der Waals surface area contributed by atoms with E-state index in [0.717, 1.165) is 48.7 Å². The summed E-state index contributed by atoms with van der Waals surface area (Å²) in [6.07, 6.45) is 3.54. The zero-order valence-corrected chi connectivity index (χ0v) is 18.9. The third kappa shape index (κ3) is 4.31. The van der Waals surface area contributed by atoms with Crippen molar-refractivity contribution < 1.29 is 17.9 Å². The number of sulfonamides is 1. The van der Waals surface area contributed by atoms with Gasteiger partial charge in [-0.05, 0) is 44.4 Å². The summed E-state index contributed by atoms with van der Waals surface area (Å²) in [7, 11) is -3.47. The standard InChI is InChI=1S/C20H28N4O4S2/c1-2-24-18-8-7-16(30(26,27)23-10-4-3-5-11-23)15-17(18)21-19(24)29-14-6-9-22-12-13-28-20(22)25/h7-8,15H,2-6,9-14H2,1H3. The highest BCUT2D eigenvalue weighted by Crippen LogP contribution is 2.28. The fourth-order valence-electron chi connectivity index (χ4n) is 3.97. The van der Waals surface area contributed by atoms with Crippen molar-refractivity contribution in [3.63, 3.8) is 0 Å². The molecular weight excluding hydrogens is 424 g/mol. The Morgan fingerprint density at radius 2 is 1.97 bits per heavy atom. The van der Waals surface area contributed by atoms with Crippen LogP contribution in [0.15, 0.2) is 28.3 Å². The van der Waals surface area contributed by atoms with Crippen molar-refractivity contribution >= 4 is 38.9 Å². The Morgan fingerprint density at radius 1 is 1.17 bits per heavy atom. The first-order valence-corrected chi connectivity index (χ1v) is 13.0. The van der Waals surface area contributed by atoms with E-state index in [9.17, 15) is 13.2 Å². The van der Waals surface area contributed by atoms with Gasteiger partial charge in [-0.15, -0.1) is 0 Å². The zero-order valence-electron chi connectivity index (χ0n) is 17.2. The quantitative estimate of drug-likeness (QED) is 0.452. The average molecular weight is 453 g/mol. The van der Waals surface area contributed by atoms with Gasteiger partial charge in [0.25, 0.3) is 0 Å². The van der Waals surface area contributed by atoms with Crippen LogP contribution in [0.4, 0.5) is 4.79 Å². The second kappa shape index (κ2) is 9.15. The van der Waals surface area contributed by atoms with Crippen molar-refractivity contribution in [2.75, 3.05) is 38.5 Å². The third-order valence-electron chi connectivity index (χ3n) is 5.60. The van der Waals surface area contributed by atoms with Crippen molar-refractivity contribution in [2.24, 2.45) is 0 Å². The van der Waals surface area contributed by atoms with Crippen LogP contribution in [0, 0.1) is 0 Å². The molecule has 2 aromatic rings. The van der Waals surface area contributed by atoms with Gasteiger partial charge in [0.05, 0.1) is 22.5 Å². The second-order valence-corrected chi connectivity index (χ2v) is 10.6. The van der Waals surface area contributed by atoms with Gasteiger partial charge in [-0.3, -0.25) is 0 Å². The Bertz CT molecular complexity index is 1020. The van der Waals surface area contributed by atoms with Crippen LogP contribution in [0.25, 0.3) is 11.0 Å². The highest BCUT2D eigenvalue weighted by atomic mass is 32.2. The Morgan fingerprint density at radius 3 is 2.67 bits per heavy atom. The molecule has 10 heteroatoms. The molecule has 8 nitrogen and oxygen atoms in total. The third-order valence-corrected chi connectivity index (χ3v) is 8.56. The van der Waals surface area contributed by atoms with Crippen molar-refractivity contribution in [1.82, 2.24) is 18.8 Å². The topological polar surface area (TPSA) is 84.7 Å². The molecule has 1 aromatic heterocycles. The molecule has 0 bridgehead atoms. The van der Waals surface area contributed by atoms with E-state index in [2.05, 4.69) is 11.5 Å². The molecule has 4 rings (SSSR count). The minimum absolute atomic E-state index is 0.233. The summed E-state index contributed by atoms with van der Waals surface area (Å²) < 4.78 is 34.7. The Kier molecular flexibility index (Phi) is 6.54. The number of ether oxygens (including phenoxy) is 1. The van der Waals surface area contributed by atoms with Crippen molar-refractivity contribution in [1.29, 1.82) is 0 Å². The summed E-state index contributed by atoms with van der Waals surface area (Å²) >= 11 is 1.64. The van der Waals surface area contributed by atoms with Crippen LogP contribution in [0.2, 0.25) is 0 Å². The van der Waals surface area contributed by atoms with Gasteiger partial charge >= 0.3 is 6.09 Å². The highest BCUT2D eigenvalue weighted by Gasteiger charge is 2.27. The first-order chi connectivity index (χ1) is 14.5. The molecule has 30 heavy (non-hydrogen) atoms. The summed E-state index contributed by atoms with van der Waals surface area (Å²) in [5.41, 5.74) is 1.65. The summed E-state index contributed by atoms with van der Waals surface area (Å²) in [5.74, 6) is 0.825. The van der Waals surface area contributed by atoms with Crippen LogP contribution in [-0.2, 0) is 21.3 Å². The SMILES string of the molecule is CCn1c(SCCCN2CCOC2=O)nc2cc(S(=O)(=O)N3CCCCC3)ccc21. The first kappa shape index (κ1) is 21.5. The van der Waals surface area contributed by atoms with Crippen molar-refractivity contribution in [3.8, 4) is 0 Å². The molecule has 2 saturated heterocycles. The van der Waals surface area contributed by atoms with Crippen LogP contribution in [0.3, 0.4) is 0 Å². The van der Waals surface area contributed by atoms with Gasteiger partial charge in [-0.2, -0.15) is 4.31 Å². The lowest BCUT2D eigenvalue weighted by atomic mass is 10.2. The molecule has 0 spiro atoms. The molecule has 1 aromatic carbocycles. The molecule has 0 N–H and O–H groups in total. The minimum atomic E-state index is -3.47. The van der Waals surface area contributed by atoms with E-state index in [1.807, 2.05) is 6.07 Å². The molecule has 0 aliphatic carbocycles. The summed E-state index contributed by atoms with van der Waals surface area (Å²) in [5, 5.41) is 0.879. The minimum Gasteiger partial charge on any atom is -0.448 e. The maximum Gasteiger partial charge on any atom is 0.409 e. The molecular formula is C20H28N4O4S2. The van der Waals surface area contributed by atoms with E-state index < -0.39 is 10.0 Å². The second-order valence-electron chi connectivity index (χ2n) is 7.56. The van der Waals surface area contributed by atoms with Crippen LogP contribution in [-0.4, -0.2) is 71.8 Å². The van der Waals surface area contributed by atoms with E-state index >= 15 is 0 Å². The fourth-order valence-corrected chi connectivity index (χ4v) is 6.51. The number of benzene rings is 1. The van der Waals surface area contributed by atoms with Gasteiger partial charge in [-0.25, -0.2) is 18.2 Å². The number of carbonyl (C=O) groups is 1. The molecule has 2 fully saturated rings. The zero-order chi connectivity index (χ0) is 21.1. The lowest BCUT2D eigenvalue weighted by Crippen LogP contribution is -2.35. The molecule has 3 heterocycles. The number of aromatic nitrogens is 2. The van der Waals surface area contributed by atoms with E-state index in [4.69, 9.17) is 9.72 Å². The normalized spacial score (nSPS) is 18.3. The van der Waals surface area contributed by atoms with Gasteiger partial charge in [0.2, 0.25) is 10.0 Å². The number of rotatable bonds is 8. The molecule has 0 radical (unpaired) electrons. The Balaban J connectivity index is 1.48. The number of imidazole rings is 1. The number of aryl methyl sites for hydroxylation is 1. The van der Waals surface area contributed by atoms with E-state index in [1.54, 1.807) is 33.1 Å². The number of thioether (sulfide) groups is 1. The number of hydrogen-bond acceptors (Lipinski definition) is 6. The Labute approximate surface area is 181 Å². The number of cyclic esters (lactones) is 1. The van der Waals surface area contributed by atoms with Gasteiger partial charge in [0, 0.05) is 31.9 Å². The first-order valence-electron chi connectivity index (χ1n) is 10.6. The lowest BCUT2D eigenvalue weighted by molar-refractivity contribution is 0.158. The number of fused-ring (bicyclic) bond motifs is 1.